The third-order valence-corrected chi connectivity index (χ3v) is 13.8. The zero-order valence-electron chi connectivity index (χ0n) is 44.5. The van der Waals surface area contributed by atoms with Crippen molar-refractivity contribution in [3.8, 4) is 11.8 Å². The number of anilines is 2. The van der Waals surface area contributed by atoms with Gasteiger partial charge in [0.25, 0.3) is 0 Å². The number of halogens is 2. The smallest absolute Gasteiger partial charge is 0.224 e. The van der Waals surface area contributed by atoms with Gasteiger partial charge in [-0.3, -0.25) is 4.79 Å². The van der Waals surface area contributed by atoms with Gasteiger partial charge in [-0.1, -0.05) is 86.7 Å². The van der Waals surface area contributed by atoms with Crippen LogP contribution in [0.25, 0.3) is 6.08 Å². The molecule has 1 aliphatic heterocycles. The lowest BCUT2D eigenvalue weighted by atomic mass is 9.84. The molecule has 406 valence electrons. The molecule has 4 aromatic rings. The van der Waals surface area contributed by atoms with Crippen molar-refractivity contribution in [3.05, 3.63) is 171 Å². The van der Waals surface area contributed by atoms with Gasteiger partial charge < -0.3 is 49.3 Å². The third-order valence-electron chi connectivity index (χ3n) is 13.1. The lowest BCUT2D eigenvalue weighted by Gasteiger charge is -2.40. The Balaban J connectivity index is 0.722. The first kappa shape index (κ1) is 59.5. The number of amides is 1. The van der Waals surface area contributed by atoms with Crippen LogP contribution in [0.3, 0.4) is 0 Å². The minimum atomic E-state index is -0.00745. The Kier molecular flexibility index (Phi) is 25.6. The molecule has 1 amide bonds. The second kappa shape index (κ2) is 32.7. The Morgan fingerprint density at radius 1 is 0.882 bits per heavy atom. The quantitative estimate of drug-likeness (QED) is 0.0177. The zero-order valence-corrected chi connectivity index (χ0v) is 46.8. The van der Waals surface area contributed by atoms with Gasteiger partial charge >= 0.3 is 0 Å². The number of nitriles is 1. The van der Waals surface area contributed by atoms with Crippen LogP contribution in [0.15, 0.2) is 143 Å². The summed E-state index contributed by atoms with van der Waals surface area (Å²) in [5.41, 5.74) is 9.07. The van der Waals surface area contributed by atoms with Gasteiger partial charge in [0.2, 0.25) is 5.91 Å². The molecule has 2 heterocycles. The Labute approximate surface area is 464 Å². The minimum Gasteiger partial charge on any atom is -0.491 e. The molecular formula is C61H76BrClN6O7. The van der Waals surface area contributed by atoms with Gasteiger partial charge in [0.05, 0.1) is 76.2 Å². The maximum Gasteiger partial charge on any atom is 0.224 e. The fraction of sp³-hybridized carbons (Fsp3) is 0.426. The molecule has 76 heavy (non-hydrogen) atoms. The number of allylic oxidation sites excluding steroid dienone is 4. The SMILES string of the molecule is C=C(NCCOCCCCCOCCOCCOCCOCCOc1ccc(C(CCC)NC(=C)/C(C#N)=C/c2cccc(Br)n2)cc1)C1=CCC(c2ccc3c(c2)[C@H](Nc2ccc(Cl)cc2)C[C@H](C)N3C(C)=O)C=C1. The van der Waals surface area contributed by atoms with Crippen LogP contribution >= 0.6 is 27.5 Å². The fourth-order valence-corrected chi connectivity index (χ4v) is 9.63. The van der Waals surface area contributed by atoms with Gasteiger partial charge in [-0.15, -0.1) is 0 Å². The van der Waals surface area contributed by atoms with E-state index in [4.69, 9.17) is 40.0 Å². The number of fused-ring (bicyclic) bond motifs is 1. The maximum atomic E-state index is 12.7. The van der Waals surface area contributed by atoms with E-state index in [-0.39, 0.29) is 30.0 Å². The summed E-state index contributed by atoms with van der Waals surface area (Å²) < 4.78 is 35.2. The highest BCUT2D eigenvalue weighted by Gasteiger charge is 2.33. The van der Waals surface area contributed by atoms with Crippen molar-refractivity contribution in [1.29, 1.82) is 5.26 Å². The van der Waals surface area contributed by atoms with Crippen molar-refractivity contribution < 1.29 is 33.2 Å². The highest BCUT2D eigenvalue weighted by atomic mass is 79.9. The summed E-state index contributed by atoms with van der Waals surface area (Å²) in [7, 11) is 0. The van der Waals surface area contributed by atoms with Gasteiger partial charge in [0, 0.05) is 66.4 Å². The van der Waals surface area contributed by atoms with Gasteiger partial charge in [0.1, 0.15) is 23.0 Å². The number of ether oxygens (including phenoxy) is 6. The highest BCUT2D eigenvalue weighted by Crippen LogP contribution is 2.42. The predicted octanol–water partition coefficient (Wildman–Crippen LogP) is 12.8. The second-order valence-corrected chi connectivity index (χ2v) is 20.1. The average molecular weight is 1120 g/mol. The Bertz CT molecular complexity index is 2600. The summed E-state index contributed by atoms with van der Waals surface area (Å²) in [6.07, 6.45) is 14.9. The fourth-order valence-electron chi connectivity index (χ4n) is 9.15. The number of aromatic nitrogens is 1. The molecule has 6 rings (SSSR count). The molecule has 0 spiro atoms. The normalized spacial score (nSPS) is 16.5. The number of nitrogens with one attached hydrogen (secondary N) is 3. The molecule has 1 aromatic heterocycles. The molecule has 3 N–H and O–H groups in total. The van der Waals surface area contributed by atoms with E-state index in [9.17, 15) is 10.1 Å². The van der Waals surface area contributed by atoms with E-state index in [0.29, 0.717) is 106 Å². The van der Waals surface area contributed by atoms with Crippen LogP contribution < -0.4 is 25.6 Å². The molecular weight excluding hydrogens is 1040 g/mol. The molecule has 15 heteroatoms. The van der Waals surface area contributed by atoms with E-state index < -0.39 is 0 Å². The molecule has 4 atom stereocenters. The largest absolute Gasteiger partial charge is 0.491 e. The molecule has 2 unspecified atom stereocenters. The average Bonchev–Trinajstić information content (AvgIpc) is 3.43. The standard InChI is InChI=1S/C61H76BrClN6O7/c1-6-11-58(66-46(4)52(43-64)41-55-12-10-13-61(62)68-55)50-18-25-56(26-19-50)76-39-38-75-37-36-74-35-34-73-33-32-72-30-9-7-8-29-71-31-28-65-45(3)48-14-16-49(17-15-48)51-20-27-60-57(42-51)59(40-44(2)69(60)47(5)70)67-54-23-21-53(63)22-24-54/h10,12-16,18-27,41-42,44,49,58-59,65-67H,3-4,6-9,11,17,28-40H2,1-2,5H3/b52-41+/t44-,49?,58?,59+/m0/s1. The van der Waals surface area contributed by atoms with Crippen molar-refractivity contribution in [2.24, 2.45) is 0 Å². The first-order valence-electron chi connectivity index (χ1n) is 26.6. The second-order valence-electron chi connectivity index (χ2n) is 18.8. The van der Waals surface area contributed by atoms with E-state index in [1.54, 1.807) is 13.0 Å². The number of carbonyl (C=O) groups is 1. The molecule has 0 saturated carbocycles. The molecule has 13 nitrogen and oxygen atoms in total. The minimum absolute atomic E-state index is 0.00745. The highest BCUT2D eigenvalue weighted by molar-refractivity contribution is 9.10. The molecule has 0 fully saturated rings. The molecule has 0 saturated heterocycles. The number of hydrogen-bond donors (Lipinski definition) is 3. The number of unbranched alkanes of at least 4 members (excludes halogenated alkanes) is 2. The van der Waals surface area contributed by atoms with Gasteiger partial charge in [-0.2, -0.15) is 5.26 Å². The van der Waals surface area contributed by atoms with Crippen LogP contribution in [0.2, 0.25) is 5.02 Å². The molecule has 0 bridgehead atoms. The first-order valence-corrected chi connectivity index (χ1v) is 27.8. The summed E-state index contributed by atoms with van der Waals surface area (Å²) in [6, 6.07) is 30.2. The Morgan fingerprint density at radius 2 is 1.55 bits per heavy atom. The number of carbonyl (C=O) groups excluding carboxylic acids is 1. The number of hydrogen-bond acceptors (Lipinski definition) is 12. The number of pyridine rings is 1. The van der Waals surface area contributed by atoms with Crippen LogP contribution in [0.4, 0.5) is 11.4 Å². The van der Waals surface area contributed by atoms with Crippen LogP contribution in [0.5, 0.6) is 5.75 Å². The molecule has 2 aliphatic rings. The predicted molar refractivity (Wildman–Crippen MR) is 309 cm³/mol. The van der Waals surface area contributed by atoms with Crippen LogP contribution in [0.1, 0.15) is 106 Å². The van der Waals surface area contributed by atoms with E-state index in [1.165, 1.54) is 5.56 Å². The van der Waals surface area contributed by atoms with Crippen molar-refractivity contribution in [3.63, 3.8) is 0 Å². The van der Waals surface area contributed by atoms with Gasteiger partial charge in [-0.25, -0.2) is 4.98 Å². The van der Waals surface area contributed by atoms with Crippen molar-refractivity contribution >= 4 is 50.9 Å². The number of nitrogens with zero attached hydrogens (tertiary/aromatic N) is 3. The van der Waals surface area contributed by atoms with Crippen LogP contribution in [-0.2, 0) is 28.5 Å². The lowest BCUT2D eigenvalue weighted by molar-refractivity contribution is -0.117. The van der Waals surface area contributed by atoms with Crippen LogP contribution in [-0.4, -0.2) is 96.2 Å². The van der Waals surface area contributed by atoms with E-state index in [0.717, 1.165) is 84.5 Å². The van der Waals surface area contributed by atoms with Crippen molar-refractivity contribution in [2.45, 2.75) is 89.8 Å². The van der Waals surface area contributed by atoms with E-state index in [1.807, 2.05) is 71.6 Å². The first-order chi connectivity index (χ1) is 37.0. The third kappa shape index (κ3) is 19.7. The molecule has 0 radical (unpaired) electrons. The lowest BCUT2D eigenvalue weighted by Crippen LogP contribution is -2.43. The molecule has 1 aliphatic carbocycles. The summed E-state index contributed by atoms with van der Waals surface area (Å²) in [5, 5.41) is 21.1. The monoisotopic (exact) mass is 1120 g/mol. The Morgan fingerprint density at radius 3 is 2.18 bits per heavy atom. The Hall–Kier alpha value is -5.76. The number of benzene rings is 3. The van der Waals surface area contributed by atoms with Crippen molar-refractivity contribution in [2.75, 3.05) is 89.4 Å². The van der Waals surface area contributed by atoms with Crippen LogP contribution in [0, 0.1) is 11.3 Å². The number of rotatable bonds is 34. The summed E-state index contributed by atoms with van der Waals surface area (Å²) in [5.74, 6) is 1.04. The maximum absolute atomic E-state index is 12.7. The molecule has 3 aromatic carbocycles. The van der Waals surface area contributed by atoms with E-state index >= 15 is 0 Å². The summed E-state index contributed by atoms with van der Waals surface area (Å²) in [6.45, 7) is 21.0. The van der Waals surface area contributed by atoms with Gasteiger partial charge in [0.15, 0.2) is 0 Å². The topological polar surface area (TPSA) is 148 Å². The van der Waals surface area contributed by atoms with Crippen molar-refractivity contribution in [1.82, 2.24) is 15.6 Å². The zero-order chi connectivity index (χ0) is 53.9. The van der Waals surface area contributed by atoms with Gasteiger partial charge in [-0.05, 0) is 144 Å². The summed E-state index contributed by atoms with van der Waals surface area (Å²) in [4.78, 5) is 19.0. The van der Waals surface area contributed by atoms with E-state index in [2.05, 4.69) is 106 Å². The summed E-state index contributed by atoms with van der Waals surface area (Å²) >= 11 is 9.54.